The Balaban J connectivity index is 3.25. The maximum absolute atomic E-state index is 10.8. The molecule has 0 saturated heterocycles. The van der Waals surface area contributed by atoms with Crippen LogP contribution in [0.15, 0.2) is 12.7 Å². The molecule has 14 heavy (non-hydrogen) atoms. The molecule has 0 rings (SSSR count). The van der Waals surface area contributed by atoms with Gasteiger partial charge in [0.2, 0.25) is 0 Å². The first-order chi connectivity index (χ1) is 6.70. The second kappa shape index (κ2) is 8.62. The molecule has 0 aliphatic carbocycles. The standard InChI is InChI=1S/C9H14O4S/c1-3-8(10)13-5-6-14-7-9(11)12-4-2/h3H,1,4-7H2,2H3. The normalized spacial score (nSPS) is 9.21. The van der Waals surface area contributed by atoms with Gasteiger partial charge in [0, 0.05) is 11.8 Å². The third-order valence-corrected chi connectivity index (χ3v) is 2.06. The topological polar surface area (TPSA) is 52.6 Å². The van der Waals surface area contributed by atoms with E-state index in [4.69, 9.17) is 9.47 Å². The molecule has 0 N–H and O–H groups in total. The summed E-state index contributed by atoms with van der Waals surface area (Å²) in [6, 6.07) is 0. The SMILES string of the molecule is C=CC(=O)OCCSCC(=O)OCC. The molecule has 80 valence electrons. The second-order valence-electron chi connectivity index (χ2n) is 2.23. The predicted molar refractivity (Wildman–Crippen MR) is 55.1 cm³/mol. The highest BCUT2D eigenvalue weighted by Crippen LogP contribution is 2.00. The molecule has 0 saturated carbocycles. The van der Waals surface area contributed by atoms with Crippen LogP contribution in [-0.4, -0.2) is 36.7 Å². The lowest BCUT2D eigenvalue weighted by Crippen LogP contribution is -2.09. The van der Waals surface area contributed by atoms with Gasteiger partial charge < -0.3 is 9.47 Å². The Labute approximate surface area is 87.6 Å². The molecule has 0 aliphatic rings. The van der Waals surface area contributed by atoms with Crippen LogP contribution in [0.5, 0.6) is 0 Å². The summed E-state index contributed by atoms with van der Waals surface area (Å²) in [4.78, 5) is 21.4. The molecule has 0 bridgehead atoms. The van der Waals surface area contributed by atoms with Crippen molar-refractivity contribution < 1.29 is 19.1 Å². The van der Waals surface area contributed by atoms with E-state index in [0.717, 1.165) is 6.08 Å². The van der Waals surface area contributed by atoms with E-state index < -0.39 is 5.97 Å². The molecule has 0 aromatic carbocycles. The van der Waals surface area contributed by atoms with E-state index in [1.165, 1.54) is 11.8 Å². The van der Waals surface area contributed by atoms with Gasteiger partial charge >= 0.3 is 11.9 Å². The number of esters is 2. The second-order valence-corrected chi connectivity index (χ2v) is 3.33. The van der Waals surface area contributed by atoms with E-state index in [1.54, 1.807) is 6.92 Å². The average Bonchev–Trinajstić information content (AvgIpc) is 2.17. The van der Waals surface area contributed by atoms with Gasteiger partial charge in [-0.3, -0.25) is 4.79 Å². The summed E-state index contributed by atoms with van der Waals surface area (Å²) < 4.78 is 9.41. The quantitative estimate of drug-likeness (QED) is 0.362. The minimum atomic E-state index is -0.443. The maximum Gasteiger partial charge on any atom is 0.330 e. The fraction of sp³-hybridized carbons (Fsp3) is 0.556. The van der Waals surface area contributed by atoms with Crippen molar-refractivity contribution in [2.24, 2.45) is 0 Å². The van der Waals surface area contributed by atoms with Gasteiger partial charge in [0.25, 0.3) is 0 Å². The summed E-state index contributed by atoms with van der Waals surface area (Å²) in [5.74, 6) is 0.187. The molecule has 0 aromatic heterocycles. The van der Waals surface area contributed by atoms with Gasteiger partial charge in [-0.25, -0.2) is 4.79 Å². The summed E-state index contributed by atoms with van der Waals surface area (Å²) >= 11 is 1.37. The van der Waals surface area contributed by atoms with E-state index in [2.05, 4.69) is 6.58 Å². The summed E-state index contributed by atoms with van der Waals surface area (Å²) in [6.45, 7) is 5.70. The van der Waals surface area contributed by atoms with Gasteiger partial charge in [-0.2, -0.15) is 0 Å². The fourth-order valence-corrected chi connectivity index (χ4v) is 1.21. The Bertz CT molecular complexity index is 203. The molecule has 0 heterocycles. The number of carbonyl (C=O) groups excluding carboxylic acids is 2. The molecule has 0 aromatic rings. The molecule has 5 heteroatoms. The summed E-state index contributed by atoms with van der Waals surface area (Å²) in [6.07, 6.45) is 1.11. The number of hydrogen-bond acceptors (Lipinski definition) is 5. The van der Waals surface area contributed by atoms with Crippen LogP contribution in [0.2, 0.25) is 0 Å². The first-order valence-corrected chi connectivity index (χ1v) is 5.38. The van der Waals surface area contributed by atoms with Crippen LogP contribution in [0.1, 0.15) is 6.92 Å². The molecule has 0 fully saturated rings. The van der Waals surface area contributed by atoms with Gasteiger partial charge in [0.05, 0.1) is 12.4 Å². The van der Waals surface area contributed by atoms with Gasteiger partial charge in [-0.1, -0.05) is 6.58 Å². The minimum Gasteiger partial charge on any atom is -0.465 e. The van der Waals surface area contributed by atoms with Gasteiger partial charge in [0.1, 0.15) is 6.61 Å². The van der Waals surface area contributed by atoms with Crippen LogP contribution < -0.4 is 0 Å². The van der Waals surface area contributed by atoms with E-state index in [9.17, 15) is 9.59 Å². The van der Waals surface area contributed by atoms with Crippen LogP contribution in [0.4, 0.5) is 0 Å². The molecule has 0 spiro atoms. The smallest absolute Gasteiger partial charge is 0.330 e. The highest BCUT2D eigenvalue weighted by Gasteiger charge is 2.01. The number of carbonyl (C=O) groups is 2. The van der Waals surface area contributed by atoms with Crippen molar-refractivity contribution in [2.75, 3.05) is 24.7 Å². The lowest BCUT2D eigenvalue weighted by molar-refractivity contribution is -0.140. The monoisotopic (exact) mass is 218 g/mol. The first-order valence-electron chi connectivity index (χ1n) is 4.23. The Morgan fingerprint density at radius 2 is 2.14 bits per heavy atom. The van der Waals surface area contributed by atoms with E-state index in [0.29, 0.717) is 18.1 Å². The Morgan fingerprint density at radius 3 is 2.71 bits per heavy atom. The highest BCUT2D eigenvalue weighted by atomic mass is 32.2. The highest BCUT2D eigenvalue weighted by molar-refractivity contribution is 7.99. The van der Waals surface area contributed by atoms with Crippen molar-refractivity contribution in [3.8, 4) is 0 Å². The Kier molecular flexibility index (Phi) is 8.02. The van der Waals surface area contributed by atoms with Crippen molar-refractivity contribution in [3.63, 3.8) is 0 Å². The van der Waals surface area contributed by atoms with Crippen LogP contribution in [0.25, 0.3) is 0 Å². The Hall–Kier alpha value is -0.970. The van der Waals surface area contributed by atoms with Gasteiger partial charge in [-0.15, -0.1) is 11.8 Å². The van der Waals surface area contributed by atoms with Crippen molar-refractivity contribution in [2.45, 2.75) is 6.92 Å². The van der Waals surface area contributed by atoms with Crippen molar-refractivity contribution in [3.05, 3.63) is 12.7 Å². The molecule has 4 nitrogen and oxygen atoms in total. The number of hydrogen-bond donors (Lipinski definition) is 0. The van der Waals surface area contributed by atoms with Crippen LogP contribution in [0.3, 0.4) is 0 Å². The first kappa shape index (κ1) is 13.0. The van der Waals surface area contributed by atoms with Gasteiger partial charge in [0.15, 0.2) is 0 Å². The molecule has 0 atom stereocenters. The lowest BCUT2D eigenvalue weighted by Gasteiger charge is -2.02. The van der Waals surface area contributed by atoms with Crippen LogP contribution in [0, 0.1) is 0 Å². The molecule has 0 radical (unpaired) electrons. The number of ether oxygens (including phenoxy) is 2. The average molecular weight is 218 g/mol. The molecular weight excluding hydrogens is 204 g/mol. The number of rotatable bonds is 7. The fourth-order valence-electron chi connectivity index (χ4n) is 0.618. The maximum atomic E-state index is 10.8. The van der Waals surface area contributed by atoms with Gasteiger partial charge in [-0.05, 0) is 6.92 Å². The summed E-state index contributed by atoms with van der Waals surface area (Å²) in [5, 5.41) is 0. The molecular formula is C9H14O4S. The zero-order chi connectivity index (χ0) is 10.8. The van der Waals surface area contributed by atoms with E-state index in [1.807, 2.05) is 0 Å². The summed E-state index contributed by atoms with van der Waals surface area (Å²) in [5.41, 5.74) is 0. The third kappa shape index (κ3) is 7.67. The van der Waals surface area contributed by atoms with E-state index in [-0.39, 0.29) is 12.6 Å². The molecule has 0 amide bonds. The minimum absolute atomic E-state index is 0.243. The largest absolute Gasteiger partial charge is 0.465 e. The van der Waals surface area contributed by atoms with Crippen LogP contribution in [-0.2, 0) is 19.1 Å². The van der Waals surface area contributed by atoms with Crippen LogP contribution >= 0.6 is 11.8 Å². The number of thioether (sulfide) groups is 1. The lowest BCUT2D eigenvalue weighted by atomic mass is 10.6. The van der Waals surface area contributed by atoms with Crippen molar-refractivity contribution >= 4 is 23.7 Å². The van der Waals surface area contributed by atoms with Crippen molar-refractivity contribution in [1.82, 2.24) is 0 Å². The zero-order valence-corrected chi connectivity index (χ0v) is 8.97. The van der Waals surface area contributed by atoms with E-state index >= 15 is 0 Å². The predicted octanol–water partition coefficient (Wildman–Crippen LogP) is 1.01. The zero-order valence-electron chi connectivity index (χ0n) is 8.15. The third-order valence-electron chi connectivity index (χ3n) is 1.16. The van der Waals surface area contributed by atoms with Crippen molar-refractivity contribution in [1.29, 1.82) is 0 Å². The molecule has 0 unspecified atom stereocenters. The molecule has 0 aliphatic heterocycles. The summed E-state index contributed by atoms with van der Waals surface area (Å²) in [7, 11) is 0. The Morgan fingerprint density at radius 1 is 1.43 bits per heavy atom.